The number of rotatable bonds is 6. The van der Waals surface area contributed by atoms with Crippen LogP contribution in [0.5, 0.6) is 0 Å². The summed E-state index contributed by atoms with van der Waals surface area (Å²) >= 11 is 0. The minimum absolute atomic E-state index is 0.119. The normalized spacial score (nSPS) is 11.7. The van der Waals surface area contributed by atoms with Gasteiger partial charge >= 0.3 is 0 Å². The van der Waals surface area contributed by atoms with Gasteiger partial charge < -0.3 is 0 Å². The number of nitrogens with zero attached hydrogens (tertiary/aromatic N) is 4. The van der Waals surface area contributed by atoms with Crippen LogP contribution < -0.4 is 4.72 Å². The standard InChI is InChI=1S/C21H21N5O2S/c1-16-20(15-25(2)23-16)29(27,28)22-13-18-14-26(19-11-7-4-8-12-19)24-21(18)17-9-5-3-6-10-17/h3-12,14-15,22H,13H2,1-2H3. The smallest absolute Gasteiger partial charge is 0.244 e. The lowest BCUT2D eigenvalue weighted by Crippen LogP contribution is -2.23. The fraction of sp³-hybridized carbons (Fsp3) is 0.143. The van der Waals surface area contributed by atoms with Crippen molar-refractivity contribution in [2.75, 3.05) is 0 Å². The zero-order valence-corrected chi connectivity index (χ0v) is 17.0. The fourth-order valence-corrected chi connectivity index (χ4v) is 4.41. The first-order valence-electron chi connectivity index (χ1n) is 9.13. The van der Waals surface area contributed by atoms with E-state index in [0.29, 0.717) is 5.69 Å². The molecule has 0 radical (unpaired) electrons. The second-order valence-corrected chi connectivity index (χ2v) is 8.46. The van der Waals surface area contributed by atoms with E-state index >= 15 is 0 Å². The molecule has 2 heterocycles. The first kappa shape index (κ1) is 19.1. The zero-order valence-electron chi connectivity index (χ0n) is 16.1. The van der Waals surface area contributed by atoms with E-state index in [4.69, 9.17) is 5.10 Å². The van der Waals surface area contributed by atoms with Crippen LogP contribution in [0.4, 0.5) is 0 Å². The van der Waals surface area contributed by atoms with Crippen LogP contribution in [0.25, 0.3) is 16.9 Å². The molecule has 2 aromatic heterocycles. The topological polar surface area (TPSA) is 81.8 Å². The van der Waals surface area contributed by atoms with Crippen molar-refractivity contribution in [1.82, 2.24) is 24.3 Å². The first-order valence-corrected chi connectivity index (χ1v) is 10.6. The predicted octanol–water partition coefficient (Wildman–Crippen LogP) is 3.06. The monoisotopic (exact) mass is 407 g/mol. The van der Waals surface area contributed by atoms with Crippen molar-refractivity contribution >= 4 is 10.0 Å². The number of hydrogen-bond donors (Lipinski definition) is 1. The van der Waals surface area contributed by atoms with Gasteiger partial charge in [-0.15, -0.1) is 0 Å². The summed E-state index contributed by atoms with van der Waals surface area (Å²) in [6, 6.07) is 19.4. The van der Waals surface area contributed by atoms with Gasteiger partial charge in [0, 0.05) is 37.1 Å². The Balaban J connectivity index is 1.69. The number of benzene rings is 2. The summed E-state index contributed by atoms with van der Waals surface area (Å²) < 4.78 is 31.5. The highest BCUT2D eigenvalue weighted by Gasteiger charge is 2.21. The average Bonchev–Trinajstić information content (AvgIpc) is 3.31. The van der Waals surface area contributed by atoms with E-state index in [0.717, 1.165) is 22.5 Å². The molecule has 0 fully saturated rings. The second-order valence-electron chi connectivity index (χ2n) is 6.73. The Labute approximate surface area is 169 Å². The van der Waals surface area contributed by atoms with Crippen LogP contribution in [0.15, 0.2) is 78.0 Å². The highest BCUT2D eigenvalue weighted by molar-refractivity contribution is 7.89. The maximum absolute atomic E-state index is 12.8. The Morgan fingerprint density at radius 1 is 0.931 bits per heavy atom. The van der Waals surface area contributed by atoms with Crippen molar-refractivity contribution in [1.29, 1.82) is 0 Å². The summed E-state index contributed by atoms with van der Waals surface area (Å²) in [4.78, 5) is 0.178. The summed E-state index contributed by atoms with van der Waals surface area (Å²) in [5, 5.41) is 8.83. The zero-order chi connectivity index (χ0) is 20.4. The third-order valence-corrected chi connectivity index (χ3v) is 6.07. The van der Waals surface area contributed by atoms with E-state index in [1.54, 1.807) is 18.7 Å². The first-order chi connectivity index (χ1) is 13.9. The molecule has 0 bridgehead atoms. The molecule has 0 aliphatic heterocycles. The van der Waals surface area contributed by atoms with Crippen LogP contribution in [0.3, 0.4) is 0 Å². The van der Waals surface area contributed by atoms with Gasteiger partial charge in [-0.25, -0.2) is 17.8 Å². The molecule has 0 aliphatic rings. The van der Waals surface area contributed by atoms with Gasteiger partial charge in [-0.2, -0.15) is 10.2 Å². The van der Waals surface area contributed by atoms with Crippen molar-refractivity contribution in [3.8, 4) is 16.9 Å². The second kappa shape index (κ2) is 7.65. The summed E-state index contributed by atoms with van der Waals surface area (Å²) in [6.45, 7) is 1.80. The van der Waals surface area contributed by atoms with Crippen LogP contribution in [0.2, 0.25) is 0 Å². The van der Waals surface area contributed by atoms with Crippen molar-refractivity contribution in [3.05, 3.63) is 84.3 Å². The molecule has 2 aromatic carbocycles. The quantitative estimate of drug-likeness (QED) is 0.533. The van der Waals surface area contributed by atoms with Gasteiger partial charge in [0.2, 0.25) is 10.0 Å². The molecular weight excluding hydrogens is 386 g/mol. The molecule has 4 rings (SSSR count). The summed E-state index contributed by atoms with van der Waals surface area (Å²) in [5.41, 5.74) is 3.81. The third kappa shape index (κ3) is 3.98. The van der Waals surface area contributed by atoms with Crippen molar-refractivity contribution in [2.45, 2.75) is 18.4 Å². The SMILES string of the molecule is Cc1nn(C)cc1S(=O)(=O)NCc1cn(-c2ccccc2)nc1-c1ccccc1. The number of nitrogens with one attached hydrogen (secondary N) is 1. The van der Waals surface area contributed by atoms with E-state index in [-0.39, 0.29) is 11.4 Å². The largest absolute Gasteiger partial charge is 0.274 e. The lowest BCUT2D eigenvalue weighted by Gasteiger charge is -2.06. The molecule has 0 spiro atoms. The summed E-state index contributed by atoms with van der Waals surface area (Å²) in [7, 11) is -2.00. The van der Waals surface area contributed by atoms with E-state index in [9.17, 15) is 8.42 Å². The summed E-state index contributed by atoms with van der Waals surface area (Å²) in [6.07, 6.45) is 3.36. The van der Waals surface area contributed by atoms with Gasteiger partial charge in [0.25, 0.3) is 0 Å². The van der Waals surface area contributed by atoms with Gasteiger partial charge in [-0.1, -0.05) is 48.5 Å². The molecule has 8 heteroatoms. The summed E-state index contributed by atoms with van der Waals surface area (Å²) in [5.74, 6) is 0. The number of hydrogen-bond acceptors (Lipinski definition) is 4. The van der Waals surface area contributed by atoms with Gasteiger partial charge in [-0.3, -0.25) is 4.68 Å². The average molecular weight is 407 g/mol. The van der Waals surface area contributed by atoms with Gasteiger partial charge in [0.05, 0.1) is 17.1 Å². The predicted molar refractivity (Wildman–Crippen MR) is 111 cm³/mol. The Bertz CT molecular complexity index is 1230. The molecule has 0 unspecified atom stereocenters. The van der Waals surface area contributed by atoms with Gasteiger partial charge in [-0.05, 0) is 19.1 Å². The highest BCUT2D eigenvalue weighted by atomic mass is 32.2. The number of para-hydroxylation sites is 1. The number of aryl methyl sites for hydroxylation is 2. The van der Waals surface area contributed by atoms with Crippen LogP contribution >= 0.6 is 0 Å². The Morgan fingerprint density at radius 2 is 1.59 bits per heavy atom. The maximum Gasteiger partial charge on any atom is 0.244 e. The van der Waals surface area contributed by atoms with Crippen molar-refractivity contribution in [2.24, 2.45) is 7.05 Å². The number of aromatic nitrogens is 4. The fourth-order valence-electron chi connectivity index (χ4n) is 3.18. The minimum atomic E-state index is -3.69. The number of sulfonamides is 1. The van der Waals surface area contributed by atoms with E-state index in [2.05, 4.69) is 9.82 Å². The van der Waals surface area contributed by atoms with E-state index < -0.39 is 10.0 Å². The molecule has 148 valence electrons. The van der Waals surface area contributed by atoms with Crippen LogP contribution in [-0.4, -0.2) is 28.0 Å². The van der Waals surface area contributed by atoms with Crippen molar-refractivity contribution < 1.29 is 8.42 Å². The van der Waals surface area contributed by atoms with Crippen molar-refractivity contribution in [3.63, 3.8) is 0 Å². The van der Waals surface area contributed by atoms with E-state index in [1.165, 1.54) is 10.9 Å². The molecule has 7 nitrogen and oxygen atoms in total. The molecular formula is C21H21N5O2S. The molecule has 4 aromatic rings. The van der Waals surface area contributed by atoms with Crippen LogP contribution in [0.1, 0.15) is 11.3 Å². The highest BCUT2D eigenvalue weighted by Crippen LogP contribution is 2.24. The van der Waals surface area contributed by atoms with Crippen LogP contribution in [-0.2, 0) is 23.6 Å². The maximum atomic E-state index is 12.8. The molecule has 0 aliphatic carbocycles. The Morgan fingerprint density at radius 3 is 2.21 bits per heavy atom. The van der Waals surface area contributed by atoms with Gasteiger partial charge in [0.1, 0.15) is 4.90 Å². The lowest BCUT2D eigenvalue weighted by molar-refractivity contribution is 0.580. The molecule has 29 heavy (non-hydrogen) atoms. The Hall–Kier alpha value is -3.23. The molecule has 0 amide bonds. The Kier molecular flexibility index (Phi) is 5.04. The van der Waals surface area contributed by atoms with Gasteiger partial charge in [0.15, 0.2) is 0 Å². The lowest BCUT2D eigenvalue weighted by atomic mass is 10.1. The van der Waals surface area contributed by atoms with E-state index in [1.807, 2.05) is 66.9 Å². The molecule has 0 saturated heterocycles. The minimum Gasteiger partial charge on any atom is -0.274 e. The van der Waals surface area contributed by atoms with Crippen LogP contribution in [0, 0.1) is 6.92 Å². The molecule has 1 N–H and O–H groups in total. The molecule has 0 saturated carbocycles. The third-order valence-electron chi connectivity index (χ3n) is 4.57. The molecule has 0 atom stereocenters.